The Labute approximate surface area is 146 Å². The molecule has 6 heteroatoms. The van der Waals surface area contributed by atoms with E-state index in [4.69, 9.17) is 4.74 Å². The molecule has 0 radical (unpaired) electrons. The Kier molecular flexibility index (Phi) is 5.72. The van der Waals surface area contributed by atoms with Gasteiger partial charge in [0, 0.05) is 11.6 Å². The van der Waals surface area contributed by atoms with Crippen molar-refractivity contribution in [3.63, 3.8) is 0 Å². The first-order valence-electron chi connectivity index (χ1n) is 7.70. The third-order valence-electron chi connectivity index (χ3n) is 3.91. The van der Waals surface area contributed by atoms with Crippen molar-refractivity contribution < 1.29 is 19.4 Å². The lowest BCUT2D eigenvalue weighted by Gasteiger charge is -2.19. The number of carbonyl (C=O) groups is 2. The Morgan fingerprint density at radius 2 is 2.12 bits per heavy atom. The number of nitrogens with zero attached hydrogens (tertiary/aromatic N) is 1. The smallest absolute Gasteiger partial charge is 0.293 e. The standard InChI is InChI=1S/C18H21NO4S/c1-5-7-13-8-12(9-14(23-4)16(13)20)10-15-17(21)19(11(3)6-2)18(22)24-15/h5,8-11,20H,1,6-7H2,2-4H3/b15-10-/t11-/m1/s1. The number of amides is 2. The molecule has 1 atom stereocenters. The second kappa shape index (κ2) is 7.57. The van der Waals surface area contributed by atoms with Crippen LogP contribution < -0.4 is 4.74 Å². The molecule has 0 bridgehead atoms. The Balaban J connectivity index is 2.41. The third kappa shape index (κ3) is 3.48. The summed E-state index contributed by atoms with van der Waals surface area (Å²) in [5.41, 5.74) is 1.34. The Bertz CT molecular complexity index is 711. The molecule has 1 N–H and O–H groups in total. The summed E-state index contributed by atoms with van der Waals surface area (Å²) in [6, 6.07) is 3.27. The minimum absolute atomic E-state index is 0.0576. The van der Waals surface area contributed by atoms with Gasteiger partial charge in [-0.15, -0.1) is 6.58 Å². The molecule has 128 valence electrons. The van der Waals surface area contributed by atoms with Gasteiger partial charge in [0.05, 0.1) is 12.0 Å². The Hall–Kier alpha value is -2.21. The third-order valence-corrected chi connectivity index (χ3v) is 4.80. The van der Waals surface area contributed by atoms with Gasteiger partial charge < -0.3 is 9.84 Å². The van der Waals surface area contributed by atoms with Gasteiger partial charge in [-0.3, -0.25) is 14.5 Å². The fourth-order valence-corrected chi connectivity index (χ4v) is 3.36. The van der Waals surface area contributed by atoms with Crippen molar-refractivity contribution in [3.8, 4) is 11.5 Å². The van der Waals surface area contributed by atoms with Crippen LogP contribution in [0.25, 0.3) is 6.08 Å². The van der Waals surface area contributed by atoms with Crippen molar-refractivity contribution in [3.05, 3.63) is 40.8 Å². The van der Waals surface area contributed by atoms with Gasteiger partial charge in [-0.2, -0.15) is 0 Å². The molecular formula is C18H21NO4S. The summed E-state index contributed by atoms with van der Waals surface area (Å²) in [7, 11) is 1.47. The maximum atomic E-state index is 12.5. The SMILES string of the molecule is C=CCc1cc(/C=C2\SC(=O)N([C@H](C)CC)C2=O)cc(OC)c1O. The number of allylic oxidation sites excluding steroid dienone is 1. The van der Waals surface area contributed by atoms with Crippen LogP contribution in [0.3, 0.4) is 0 Å². The van der Waals surface area contributed by atoms with E-state index < -0.39 is 0 Å². The lowest BCUT2D eigenvalue weighted by molar-refractivity contribution is -0.124. The van der Waals surface area contributed by atoms with Gasteiger partial charge in [0.2, 0.25) is 0 Å². The summed E-state index contributed by atoms with van der Waals surface area (Å²) in [4.78, 5) is 26.2. The van der Waals surface area contributed by atoms with Crippen molar-refractivity contribution in [1.29, 1.82) is 0 Å². The number of methoxy groups -OCH3 is 1. The molecule has 0 unspecified atom stereocenters. The summed E-state index contributed by atoms with van der Waals surface area (Å²) >= 11 is 0.932. The second-order valence-electron chi connectivity index (χ2n) is 5.53. The maximum absolute atomic E-state index is 12.5. The second-order valence-corrected chi connectivity index (χ2v) is 6.53. The molecule has 0 saturated carbocycles. The first-order chi connectivity index (χ1) is 11.4. The number of rotatable bonds is 6. The minimum atomic E-state index is -0.281. The number of hydrogen-bond donors (Lipinski definition) is 1. The number of carbonyl (C=O) groups excluding carboxylic acids is 2. The van der Waals surface area contributed by atoms with E-state index in [1.807, 2.05) is 13.8 Å². The van der Waals surface area contributed by atoms with Crippen molar-refractivity contribution in [2.75, 3.05) is 7.11 Å². The Morgan fingerprint density at radius 3 is 2.71 bits per heavy atom. The molecule has 1 aliphatic heterocycles. The van der Waals surface area contributed by atoms with E-state index in [1.165, 1.54) is 12.0 Å². The summed E-state index contributed by atoms with van der Waals surface area (Å²) < 4.78 is 5.18. The predicted molar refractivity (Wildman–Crippen MR) is 96.1 cm³/mol. The van der Waals surface area contributed by atoms with Crippen LogP contribution in [0.1, 0.15) is 31.4 Å². The lowest BCUT2D eigenvalue weighted by atomic mass is 10.0. The van der Waals surface area contributed by atoms with E-state index in [9.17, 15) is 14.7 Å². The van der Waals surface area contributed by atoms with Gasteiger partial charge in [-0.25, -0.2) is 0 Å². The van der Waals surface area contributed by atoms with Crippen molar-refractivity contribution in [2.45, 2.75) is 32.7 Å². The van der Waals surface area contributed by atoms with Crippen LogP contribution in [0.2, 0.25) is 0 Å². The molecule has 2 amide bonds. The summed E-state index contributed by atoms with van der Waals surface area (Å²) in [5, 5.41) is 9.87. The van der Waals surface area contributed by atoms with Gasteiger partial charge in [-0.1, -0.05) is 13.0 Å². The fourth-order valence-electron chi connectivity index (χ4n) is 2.43. The predicted octanol–water partition coefficient (Wildman–Crippen LogP) is 3.96. The van der Waals surface area contributed by atoms with E-state index in [0.717, 1.165) is 11.8 Å². The average Bonchev–Trinajstić information content (AvgIpc) is 2.83. The molecule has 1 aromatic carbocycles. The molecule has 5 nitrogen and oxygen atoms in total. The molecule has 0 spiro atoms. The molecule has 0 aliphatic carbocycles. The maximum Gasteiger partial charge on any atom is 0.293 e. The molecule has 1 aliphatic rings. The number of phenolic OH excluding ortho intramolecular Hbond substituents is 1. The molecule has 2 rings (SSSR count). The molecule has 1 heterocycles. The van der Waals surface area contributed by atoms with Crippen molar-refractivity contribution in [1.82, 2.24) is 4.90 Å². The largest absolute Gasteiger partial charge is 0.504 e. The molecular weight excluding hydrogens is 326 g/mol. The number of thioether (sulfide) groups is 1. The number of imide groups is 1. The number of benzene rings is 1. The molecule has 0 aromatic heterocycles. The Morgan fingerprint density at radius 1 is 1.42 bits per heavy atom. The first-order valence-corrected chi connectivity index (χ1v) is 8.52. The van der Waals surface area contributed by atoms with E-state index in [1.54, 1.807) is 24.3 Å². The van der Waals surface area contributed by atoms with Crippen LogP contribution >= 0.6 is 11.8 Å². The zero-order chi connectivity index (χ0) is 17.9. The number of phenols is 1. The van der Waals surface area contributed by atoms with Crippen LogP contribution in [0.4, 0.5) is 4.79 Å². The molecule has 1 aromatic rings. The van der Waals surface area contributed by atoms with E-state index >= 15 is 0 Å². The van der Waals surface area contributed by atoms with Gasteiger partial charge in [0.15, 0.2) is 11.5 Å². The van der Waals surface area contributed by atoms with Gasteiger partial charge >= 0.3 is 0 Å². The monoisotopic (exact) mass is 347 g/mol. The normalized spacial score (nSPS) is 17.5. The number of aromatic hydroxyl groups is 1. The number of ether oxygens (including phenoxy) is 1. The zero-order valence-electron chi connectivity index (χ0n) is 14.0. The quantitative estimate of drug-likeness (QED) is 0.623. The van der Waals surface area contributed by atoms with Crippen LogP contribution in [-0.2, 0) is 11.2 Å². The summed E-state index contributed by atoms with van der Waals surface area (Å²) in [5.74, 6) is 0.0978. The van der Waals surface area contributed by atoms with Gasteiger partial charge in [-0.05, 0) is 55.3 Å². The summed E-state index contributed by atoms with van der Waals surface area (Å²) in [6.07, 6.45) is 4.51. The van der Waals surface area contributed by atoms with Crippen molar-refractivity contribution in [2.24, 2.45) is 0 Å². The van der Waals surface area contributed by atoms with E-state index in [-0.39, 0.29) is 22.9 Å². The van der Waals surface area contributed by atoms with E-state index in [0.29, 0.717) is 34.6 Å². The topological polar surface area (TPSA) is 66.8 Å². The molecule has 24 heavy (non-hydrogen) atoms. The first kappa shape index (κ1) is 18.1. The van der Waals surface area contributed by atoms with Gasteiger partial charge in [0.25, 0.3) is 11.1 Å². The van der Waals surface area contributed by atoms with Gasteiger partial charge in [0.1, 0.15) is 0 Å². The summed E-state index contributed by atoms with van der Waals surface area (Å²) in [6.45, 7) is 7.46. The average molecular weight is 347 g/mol. The van der Waals surface area contributed by atoms with Crippen LogP contribution in [0, 0.1) is 0 Å². The van der Waals surface area contributed by atoms with E-state index in [2.05, 4.69) is 6.58 Å². The minimum Gasteiger partial charge on any atom is -0.504 e. The molecule has 1 fully saturated rings. The van der Waals surface area contributed by atoms with Crippen LogP contribution in [-0.4, -0.2) is 34.3 Å². The highest BCUT2D eigenvalue weighted by Crippen LogP contribution is 2.37. The highest BCUT2D eigenvalue weighted by Gasteiger charge is 2.37. The van der Waals surface area contributed by atoms with Crippen molar-refractivity contribution >= 4 is 29.0 Å². The highest BCUT2D eigenvalue weighted by molar-refractivity contribution is 8.18. The van der Waals surface area contributed by atoms with Crippen LogP contribution in [0.15, 0.2) is 29.7 Å². The highest BCUT2D eigenvalue weighted by atomic mass is 32.2. The fraction of sp³-hybridized carbons (Fsp3) is 0.333. The molecule has 1 saturated heterocycles. The van der Waals surface area contributed by atoms with Crippen LogP contribution in [0.5, 0.6) is 11.5 Å². The lowest BCUT2D eigenvalue weighted by Crippen LogP contribution is -2.36. The zero-order valence-corrected chi connectivity index (χ0v) is 14.9. The number of hydrogen-bond acceptors (Lipinski definition) is 5.